The molecule has 0 aromatic heterocycles. The second-order valence-electron chi connectivity index (χ2n) is 3.05. The number of rotatable bonds is 2. The van der Waals surface area contributed by atoms with Crippen molar-refractivity contribution in [2.75, 3.05) is 0 Å². The Bertz CT molecular complexity index is 358. The quantitative estimate of drug-likeness (QED) is 0.709. The number of hydrogen-bond acceptors (Lipinski definition) is 2. The lowest BCUT2D eigenvalue weighted by atomic mass is 10.1. The van der Waals surface area contributed by atoms with Crippen LogP contribution in [0.2, 0.25) is 0 Å². The molecule has 1 aliphatic heterocycles. The first kappa shape index (κ1) is 8.88. The Balaban J connectivity index is 2.21. The molecule has 0 bridgehead atoms. The van der Waals surface area contributed by atoms with Gasteiger partial charge in [0.25, 0.3) is 6.29 Å². The van der Waals surface area contributed by atoms with Crippen molar-refractivity contribution >= 4 is 6.08 Å². The summed E-state index contributed by atoms with van der Waals surface area (Å²) in [6.45, 7) is 2.00. The minimum absolute atomic E-state index is 0.278. The maximum absolute atomic E-state index is 5.25. The SMILES string of the molecule is CC=Cc1cccc(C2OC=CO2)c1. The van der Waals surface area contributed by atoms with Crippen molar-refractivity contribution in [3.05, 3.63) is 54.0 Å². The normalized spacial score (nSPS) is 15.8. The molecule has 0 aliphatic carbocycles. The molecule has 14 heavy (non-hydrogen) atoms. The van der Waals surface area contributed by atoms with Gasteiger partial charge >= 0.3 is 0 Å². The van der Waals surface area contributed by atoms with Crippen molar-refractivity contribution in [3.63, 3.8) is 0 Å². The molecule has 1 heterocycles. The summed E-state index contributed by atoms with van der Waals surface area (Å²) < 4.78 is 10.5. The van der Waals surface area contributed by atoms with E-state index in [1.807, 2.05) is 37.3 Å². The zero-order chi connectivity index (χ0) is 9.80. The van der Waals surface area contributed by atoms with Crippen LogP contribution in [0, 0.1) is 0 Å². The zero-order valence-corrected chi connectivity index (χ0v) is 8.01. The van der Waals surface area contributed by atoms with Crippen LogP contribution in [-0.4, -0.2) is 0 Å². The first-order valence-corrected chi connectivity index (χ1v) is 4.59. The fraction of sp³-hybridized carbons (Fsp3) is 0.167. The summed E-state index contributed by atoms with van der Waals surface area (Å²) in [5, 5.41) is 0. The van der Waals surface area contributed by atoms with Crippen LogP contribution in [0.5, 0.6) is 0 Å². The summed E-state index contributed by atoms with van der Waals surface area (Å²) in [6, 6.07) is 8.09. The van der Waals surface area contributed by atoms with Crippen molar-refractivity contribution in [2.45, 2.75) is 13.2 Å². The maximum Gasteiger partial charge on any atom is 0.266 e. The van der Waals surface area contributed by atoms with Gasteiger partial charge in [-0.05, 0) is 18.6 Å². The fourth-order valence-corrected chi connectivity index (χ4v) is 1.40. The highest BCUT2D eigenvalue weighted by atomic mass is 16.7. The minimum Gasteiger partial charge on any atom is -0.455 e. The molecule has 0 radical (unpaired) electrons. The molecule has 0 unspecified atom stereocenters. The van der Waals surface area contributed by atoms with Crippen molar-refractivity contribution in [2.24, 2.45) is 0 Å². The highest BCUT2D eigenvalue weighted by Crippen LogP contribution is 2.24. The minimum atomic E-state index is -0.278. The Labute approximate surface area is 83.5 Å². The van der Waals surface area contributed by atoms with Crippen LogP contribution >= 0.6 is 0 Å². The molecule has 2 heteroatoms. The molecule has 0 atom stereocenters. The Morgan fingerprint density at radius 1 is 1.21 bits per heavy atom. The van der Waals surface area contributed by atoms with E-state index in [-0.39, 0.29) is 6.29 Å². The first-order chi connectivity index (χ1) is 6.90. The Kier molecular flexibility index (Phi) is 2.54. The second kappa shape index (κ2) is 4.01. The summed E-state index contributed by atoms with van der Waals surface area (Å²) >= 11 is 0. The van der Waals surface area contributed by atoms with Gasteiger partial charge < -0.3 is 9.47 Å². The molecule has 0 N–H and O–H groups in total. The van der Waals surface area contributed by atoms with E-state index in [1.165, 1.54) is 0 Å². The molecule has 1 aromatic rings. The largest absolute Gasteiger partial charge is 0.455 e. The van der Waals surface area contributed by atoms with E-state index in [0.29, 0.717) is 0 Å². The average Bonchev–Trinajstić information content (AvgIpc) is 2.71. The third-order valence-corrected chi connectivity index (χ3v) is 2.00. The molecular weight excluding hydrogens is 176 g/mol. The summed E-state index contributed by atoms with van der Waals surface area (Å²) in [6.07, 6.45) is 6.90. The van der Waals surface area contributed by atoms with E-state index < -0.39 is 0 Å². The molecule has 1 aliphatic rings. The smallest absolute Gasteiger partial charge is 0.266 e. The zero-order valence-electron chi connectivity index (χ0n) is 8.01. The fourth-order valence-electron chi connectivity index (χ4n) is 1.40. The standard InChI is InChI=1S/C12H12O2/c1-2-4-10-5-3-6-11(9-10)12-13-7-8-14-12/h2-9,12H,1H3. The number of benzene rings is 1. The van der Waals surface area contributed by atoms with E-state index >= 15 is 0 Å². The van der Waals surface area contributed by atoms with Crippen LogP contribution in [-0.2, 0) is 9.47 Å². The molecular formula is C12H12O2. The van der Waals surface area contributed by atoms with Gasteiger partial charge in [-0.25, -0.2) is 0 Å². The van der Waals surface area contributed by atoms with Gasteiger partial charge in [0.1, 0.15) is 12.5 Å². The monoisotopic (exact) mass is 188 g/mol. The summed E-state index contributed by atoms with van der Waals surface area (Å²) in [7, 11) is 0. The summed E-state index contributed by atoms with van der Waals surface area (Å²) in [5.41, 5.74) is 2.19. The van der Waals surface area contributed by atoms with Crippen molar-refractivity contribution in [1.29, 1.82) is 0 Å². The van der Waals surface area contributed by atoms with Gasteiger partial charge in [0.2, 0.25) is 0 Å². The lowest BCUT2D eigenvalue weighted by Gasteiger charge is -2.10. The first-order valence-electron chi connectivity index (χ1n) is 4.59. The molecule has 2 nitrogen and oxygen atoms in total. The van der Waals surface area contributed by atoms with Crippen LogP contribution in [0.4, 0.5) is 0 Å². The summed E-state index contributed by atoms with van der Waals surface area (Å²) in [5.74, 6) is 0. The predicted molar refractivity (Wildman–Crippen MR) is 55.2 cm³/mol. The van der Waals surface area contributed by atoms with Gasteiger partial charge in [-0.1, -0.05) is 30.4 Å². The molecule has 72 valence electrons. The van der Waals surface area contributed by atoms with Crippen molar-refractivity contribution in [1.82, 2.24) is 0 Å². The van der Waals surface area contributed by atoms with E-state index in [1.54, 1.807) is 12.5 Å². The third-order valence-electron chi connectivity index (χ3n) is 2.00. The van der Waals surface area contributed by atoms with Crippen LogP contribution < -0.4 is 0 Å². The predicted octanol–water partition coefficient (Wildman–Crippen LogP) is 3.24. The van der Waals surface area contributed by atoms with Gasteiger partial charge in [-0.3, -0.25) is 0 Å². The lowest BCUT2D eigenvalue weighted by molar-refractivity contribution is -0.0246. The van der Waals surface area contributed by atoms with E-state index in [2.05, 4.69) is 6.07 Å². The second-order valence-corrected chi connectivity index (χ2v) is 3.05. The van der Waals surface area contributed by atoms with Gasteiger partial charge in [0, 0.05) is 5.56 Å². The van der Waals surface area contributed by atoms with Gasteiger partial charge in [-0.15, -0.1) is 0 Å². The molecule has 2 rings (SSSR count). The Morgan fingerprint density at radius 2 is 2.00 bits per heavy atom. The van der Waals surface area contributed by atoms with Gasteiger partial charge in [-0.2, -0.15) is 0 Å². The van der Waals surface area contributed by atoms with Gasteiger partial charge in [0.05, 0.1) is 0 Å². The molecule has 0 saturated heterocycles. The van der Waals surface area contributed by atoms with Crippen molar-refractivity contribution in [3.8, 4) is 0 Å². The average molecular weight is 188 g/mol. The third kappa shape index (κ3) is 1.79. The topological polar surface area (TPSA) is 18.5 Å². The summed E-state index contributed by atoms with van der Waals surface area (Å²) in [4.78, 5) is 0. The molecule has 1 aromatic carbocycles. The number of allylic oxidation sites excluding steroid dienone is 1. The van der Waals surface area contributed by atoms with Crippen LogP contribution in [0.3, 0.4) is 0 Å². The van der Waals surface area contributed by atoms with Crippen LogP contribution in [0.1, 0.15) is 24.3 Å². The van der Waals surface area contributed by atoms with E-state index in [4.69, 9.17) is 9.47 Å². The van der Waals surface area contributed by atoms with Gasteiger partial charge in [0.15, 0.2) is 0 Å². The maximum atomic E-state index is 5.25. The van der Waals surface area contributed by atoms with Crippen LogP contribution in [0.25, 0.3) is 6.08 Å². The van der Waals surface area contributed by atoms with Crippen molar-refractivity contribution < 1.29 is 9.47 Å². The Morgan fingerprint density at radius 3 is 2.71 bits per heavy atom. The molecule has 0 amide bonds. The lowest BCUT2D eigenvalue weighted by Crippen LogP contribution is -1.97. The molecule has 0 saturated carbocycles. The van der Waals surface area contributed by atoms with E-state index in [0.717, 1.165) is 11.1 Å². The molecule has 0 fully saturated rings. The molecule has 0 spiro atoms. The Hall–Kier alpha value is -1.70. The van der Waals surface area contributed by atoms with E-state index in [9.17, 15) is 0 Å². The number of hydrogen-bond donors (Lipinski definition) is 0. The number of ether oxygens (including phenoxy) is 2. The highest BCUT2D eigenvalue weighted by molar-refractivity contribution is 5.50. The van der Waals surface area contributed by atoms with Crippen LogP contribution in [0.15, 0.2) is 42.9 Å². The highest BCUT2D eigenvalue weighted by Gasteiger charge is 2.14.